The second kappa shape index (κ2) is 7.86. The highest BCUT2D eigenvalue weighted by atomic mass is 32.2. The van der Waals surface area contributed by atoms with Crippen LogP contribution < -0.4 is 19.5 Å². The zero-order valence-electron chi connectivity index (χ0n) is 14.5. The average molecular weight is 396 g/mol. The maximum absolute atomic E-state index is 12.5. The summed E-state index contributed by atoms with van der Waals surface area (Å²) in [4.78, 5) is 30.5. The summed E-state index contributed by atoms with van der Waals surface area (Å²) < 4.78 is 36.6. The number of aromatic nitrogens is 2. The van der Waals surface area contributed by atoms with Crippen LogP contribution in [0.1, 0.15) is 15.9 Å². The molecule has 144 valence electrons. The van der Waals surface area contributed by atoms with Crippen molar-refractivity contribution in [2.75, 3.05) is 19.5 Å². The van der Waals surface area contributed by atoms with Crippen molar-refractivity contribution < 1.29 is 32.6 Å². The summed E-state index contributed by atoms with van der Waals surface area (Å²) in [6, 6.07) is 4.10. The van der Waals surface area contributed by atoms with Crippen molar-refractivity contribution in [3.8, 4) is 11.8 Å². The lowest BCUT2D eigenvalue weighted by Gasteiger charge is -2.12. The molecule has 1 aromatic heterocycles. The number of hydrogen-bond donors (Lipinski definition) is 3. The summed E-state index contributed by atoms with van der Waals surface area (Å²) in [5, 5.41) is 11.3. The number of urea groups is 1. The molecule has 0 aliphatic carbocycles. The number of ether oxygens (including phenoxy) is 2. The van der Waals surface area contributed by atoms with Gasteiger partial charge < -0.3 is 14.6 Å². The maximum Gasteiger partial charge on any atom is 0.337 e. The molecule has 2 amide bonds. The zero-order valence-corrected chi connectivity index (χ0v) is 15.3. The molecule has 12 heteroatoms. The highest BCUT2D eigenvalue weighted by molar-refractivity contribution is 7.90. The van der Waals surface area contributed by atoms with Gasteiger partial charge in [-0.15, -0.1) is 0 Å². The SMILES string of the molecule is COc1cc(OC)nc(NC(=O)NS(=O)(=O)c2c(C)cccc2C(=O)O)n1. The minimum Gasteiger partial charge on any atom is -0.481 e. The van der Waals surface area contributed by atoms with E-state index in [9.17, 15) is 23.1 Å². The van der Waals surface area contributed by atoms with E-state index in [0.717, 1.165) is 6.07 Å². The van der Waals surface area contributed by atoms with Gasteiger partial charge in [0.2, 0.25) is 17.7 Å². The summed E-state index contributed by atoms with van der Waals surface area (Å²) in [5.74, 6) is -1.57. The Hall–Kier alpha value is -3.41. The number of anilines is 1. The zero-order chi connectivity index (χ0) is 20.2. The van der Waals surface area contributed by atoms with Gasteiger partial charge >= 0.3 is 12.0 Å². The lowest BCUT2D eigenvalue weighted by atomic mass is 10.1. The van der Waals surface area contributed by atoms with Crippen molar-refractivity contribution in [2.24, 2.45) is 0 Å². The van der Waals surface area contributed by atoms with Crippen LogP contribution in [0.25, 0.3) is 0 Å². The molecule has 0 unspecified atom stereocenters. The third kappa shape index (κ3) is 4.61. The van der Waals surface area contributed by atoms with Crippen LogP contribution in [-0.2, 0) is 10.0 Å². The minimum absolute atomic E-state index is 0.0760. The number of hydrogen-bond acceptors (Lipinski definition) is 8. The largest absolute Gasteiger partial charge is 0.481 e. The second-order valence-electron chi connectivity index (χ2n) is 5.09. The number of nitrogens with zero attached hydrogens (tertiary/aromatic N) is 2. The number of rotatable bonds is 6. The number of aromatic carboxylic acids is 1. The van der Waals surface area contributed by atoms with E-state index in [1.807, 2.05) is 0 Å². The first-order valence-electron chi connectivity index (χ1n) is 7.31. The average Bonchev–Trinajstić information content (AvgIpc) is 2.60. The van der Waals surface area contributed by atoms with Crippen LogP contribution in [0, 0.1) is 6.92 Å². The molecule has 0 spiro atoms. The Kier molecular flexibility index (Phi) is 5.80. The standard InChI is InChI=1S/C15H16N4O7S/c1-8-5-4-6-9(13(20)21)12(8)27(23,24)19-15(22)18-14-16-10(25-2)7-11(17-14)26-3/h4-7H,1-3H3,(H,20,21)(H2,16,17,18,19,22). The molecule has 0 radical (unpaired) electrons. The van der Waals surface area contributed by atoms with Crippen molar-refractivity contribution in [1.29, 1.82) is 0 Å². The van der Waals surface area contributed by atoms with E-state index in [-0.39, 0.29) is 23.3 Å². The number of benzene rings is 1. The molecule has 2 aromatic rings. The number of carbonyl (C=O) groups is 2. The second-order valence-corrected chi connectivity index (χ2v) is 6.71. The molecule has 0 aliphatic heterocycles. The van der Waals surface area contributed by atoms with Crippen LogP contribution in [0.15, 0.2) is 29.2 Å². The van der Waals surface area contributed by atoms with Crippen molar-refractivity contribution in [2.45, 2.75) is 11.8 Å². The Balaban J connectivity index is 2.30. The third-order valence-corrected chi connectivity index (χ3v) is 4.79. The highest BCUT2D eigenvalue weighted by Gasteiger charge is 2.26. The van der Waals surface area contributed by atoms with Gasteiger partial charge in [0, 0.05) is 0 Å². The lowest BCUT2D eigenvalue weighted by Crippen LogP contribution is -2.36. The number of carboxylic acids is 1. The molecular formula is C15H16N4O7S. The van der Waals surface area contributed by atoms with Crippen LogP contribution in [0.2, 0.25) is 0 Å². The fourth-order valence-corrected chi connectivity index (χ4v) is 3.48. The van der Waals surface area contributed by atoms with E-state index in [2.05, 4.69) is 15.3 Å². The Bertz CT molecular complexity index is 969. The predicted octanol–water partition coefficient (Wildman–Crippen LogP) is 1.01. The van der Waals surface area contributed by atoms with Gasteiger partial charge in [0.1, 0.15) is 4.90 Å². The van der Waals surface area contributed by atoms with Gasteiger partial charge in [0.25, 0.3) is 10.0 Å². The van der Waals surface area contributed by atoms with Gasteiger partial charge in [-0.05, 0) is 18.6 Å². The number of amides is 2. The molecule has 27 heavy (non-hydrogen) atoms. The van der Waals surface area contributed by atoms with Gasteiger partial charge in [-0.1, -0.05) is 12.1 Å². The van der Waals surface area contributed by atoms with Crippen LogP contribution in [0.5, 0.6) is 11.8 Å². The first-order chi connectivity index (χ1) is 12.7. The molecule has 2 rings (SSSR count). The van der Waals surface area contributed by atoms with E-state index in [4.69, 9.17) is 9.47 Å². The maximum atomic E-state index is 12.5. The van der Waals surface area contributed by atoms with Crippen LogP contribution >= 0.6 is 0 Å². The Morgan fingerprint density at radius 2 is 1.70 bits per heavy atom. The molecule has 1 aromatic carbocycles. The fourth-order valence-electron chi connectivity index (χ4n) is 2.15. The molecule has 0 bridgehead atoms. The monoisotopic (exact) mass is 396 g/mol. The van der Waals surface area contributed by atoms with Gasteiger partial charge in [0.05, 0.1) is 25.8 Å². The number of carbonyl (C=O) groups excluding carboxylic acids is 1. The van der Waals surface area contributed by atoms with E-state index in [1.54, 1.807) is 4.72 Å². The summed E-state index contributed by atoms with van der Waals surface area (Å²) in [7, 11) is -1.81. The molecule has 0 aliphatic rings. The van der Waals surface area contributed by atoms with E-state index in [0.29, 0.717) is 0 Å². The Morgan fingerprint density at radius 3 is 2.22 bits per heavy atom. The Morgan fingerprint density at radius 1 is 1.11 bits per heavy atom. The van der Waals surface area contributed by atoms with Crippen LogP contribution in [0.3, 0.4) is 0 Å². The smallest absolute Gasteiger partial charge is 0.337 e. The number of sulfonamides is 1. The normalized spacial score (nSPS) is 10.8. The van der Waals surface area contributed by atoms with Crippen molar-refractivity contribution in [3.63, 3.8) is 0 Å². The van der Waals surface area contributed by atoms with Crippen molar-refractivity contribution >= 4 is 28.0 Å². The summed E-state index contributed by atoms with van der Waals surface area (Å²) in [6.45, 7) is 1.41. The van der Waals surface area contributed by atoms with Crippen LogP contribution in [-0.4, -0.2) is 49.7 Å². The first kappa shape index (κ1) is 19.9. The molecule has 0 atom stereocenters. The van der Waals surface area contributed by atoms with Gasteiger partial charge in [-0.2, -0.15) is 9.97 Å². The van der Waals surface area contributed by atoms with E-state index in [1.165, 1.54) is 39.3 Å². The van der Waals surface area contributed by atoms with Crippen LogP contribution in [0.4, 0.5) is 10.7 Å². The number of carboxylic acid groups (broad SMARTS) is 1. The highest BCUT2D eigenvalue weighted by Crippen LogP contribution is 2.21. The molecule has 3 N–H and O–H groups in total. The molecule has 11 nitrogen and oxygen atoms in total. The molecule has 0 fully saturated rings. The van der Waals surface area contributed by atoms with E-state index < -0.39 is 32.5 Å². The van der Waals surface area contributed by atoms with Crippen molar-refractivity contribution in [3.05, 3.63) is 35.4 Å². The lowest BCUT2D eigenvalue weighted by molar-refractivity contribution is 0.0692. The third-order valence-electron chi connectivity index (χ3n) is 3.26. The van der Waals surface area contributed by atoms with Gasteiger partial charge in [-0.3, -0.25) is 5.32 Å². The van der Waals surface area contributed by atoms with E-state index >= 15 is 0 Å². The minimum atomic E-state index is -4.48. The number of nitrogens with one attached hydrogen (secondary N) is 2. The molecular weight excluding hydrogens is 380 g/mol. The summed E-state index contributed by atoms with van der Waals surface area (Å²) >= 11 is 0. The number of methoxy groups -OCH3 is 2. The molecule has 0 saturated heterocycles. The molecule has 1 heterocycles. The van der Waals surface area contributed by atoms with Crippen molar-refractivity contribution in [1.82, 2.24) is 14.7 Å². The quantitative estimate of drug-likeness (QED) is 0.648. The topological polar surface area (TPSA) is 157 Å². The first-order valence-corrected chi connectivity index (χ1v) is 8.80. The van der Waals surface area contributed by atoms with Gasteiger partial charge in [-0.25, -0.2) is 22.7 Å². The summed E-state index contributed by atoms with van der Waals surface area (Å²) in [6.07, 6.45) is 0. The Labute approximate surface area is 154 Å². The summed E-state index contributed by atoms with van der Waals surface area (Å²) in [5.41, 5.74) is -0.302. The fraction of sp³-hybridized carbons (Fsp3) is 0.200. The molecule has 0 saturated carbocycles. The van der Waals surface area contributed by atoms with Gasteiger partial charge in [0.15, 0.2) is 0 Å². The number of aryl methyl sites for hydroxylation is 1. The predicted molar refractivity (Wildman–Crippen MR) is 92.6 cm³/mol.